The van der Waals surface area contributed by atoms with Crippen LogP contribution in [0.25, 0.3) is 89.4 Å². The predicted octanol–water partition coefficient (Wildman–Crippen LogP) is 13.1. The first-order valence-electron chi connectivity index (χ1n) is 20.2. The smallest absolute Gasteiger partial charge is 0.240 e. The molecular formula is C53H34N6OS. The summed E-state index contributed by atoms with van der Waals surface area (Å²) in [4.78, 5) is 16.6. The molecule has 4 heterocycles. The van der Waals surface area contributed by atoms with Gasteiger partial charge in [0.15, 0.2) is 17.5 Å². The SMILES string of the molecule is O=S1(c2ccccc2)=Nc2c(c3cc(-c4ccc5c(c4)c4ccccc4n5-c4ccccc4)ccc3n2-c2nc(-c3ccccc3)nc(-c3ccccc3)n2)-c2ccccc21. The molecule has 3 aromatic heterocycles. The first-order chi connectivity index (χ1) is 30.1. The number of benzene rings is 8. The summed E-state index contributed by atoms with van der Waals surface area (Å²) in [5.74, 6) is 1.98. The van der Waals surface area contributed by atoms with Gasteiger partial charge in [0.25, 0.3) is 0 Å². The molecule has 0 N–H and O–H groups in total. The van der Waals surface area contributed by atoms with Crippen LogP contribution in [0.5, 0.6) is 0 Å². The van der Waals surface area contributed by atoms with Gasteiger partial charge in [-0.15, -0.1) is 0 Å². The molecule has 12 rings (SSSR count). The number of nitrogens with zero attached hydrogens (tertiary/aromatic N) is 6. The van der Waals surface area contributed by atoms with Crippen LogP contribution in [0.2, 0.25) is 0 Å². The van der Waals surface area contributed by atoms with E-state index < -0.39 is 9.73 Å². The van der Waals surface area contributed by atoms with Crippen molar-refractivity contribution in [3.63, 3.8) is 0 Å². The number of fused-ring (bicyclic) bond motifs is 8. The van der Waals surface area contributed by atoms with Crippen molar-refractivity contribution >= 4 is 48.3 Å². The molecule has 8 heteroatoms. The molecule has 61 heavy (non-hydrogen) atoms. The standard InChI is InChI=1S/C53H34N6OS/c60-61(40-23-11-4-12-24-40)48-28-16-14-26-42(48)49-44-34-38(37-29-31-46-43(33-37)41-25-13-15-27-45(41)58(46)39-21-9-3-10-22-39)30-32-47(44)59(52(49)57-61)53-55-50(35-17-5-1-6-18-35)54-51(56-53)36-19-7-2-8-20-36/h1-34H. The molecule has 8 aromatic carbocycles. The maximum absolute atomic E-state index is 15.6. The van der Waals surface area contributed by atoms with Crippen molar-refractivity contribution in [2.45, 2.75) is 9.79 Å². The monoisotopic (exact) mass is 802 g/mol. The van der Waals surface area contributed by atoms with Gasteiger partial charge < -0.3 is 4.57 Å². The largest absolute Gasteiger partial charge is 0.309 e. The summed E-state index contributed by atoms with van der Waals surface area (Å²) in [6, 6.07) is 69.7. The van der Waals surface area contributed by atoms with Gasteiger partial charge in [0.1, 0.15) is 9.73 Å². The van der Waals surface area contributed by atoms with Crippen LogP contribution in [0, 0.1) is 0 Å². The van der Waals surface area contributed by atoms with E-state index in [4.69, 9.17) is 19.3 Å². The van der Waals surface area contributed by atoms with Crippen LogP contribution < -0.4 is 0 Å². The third-order valence-electron chi connectivity index (χ3n) is 11.6. The van der Waals surface area contributed by atoms with Crippen LogP contribution in [0.15, 0.2) is 220 Å². The summed E-state index contributed by atoms with van der Waals surface area (Å²) >= 11 is 0. The van der Waals surface area contributed by atoms with Crippen molar-refractivity contribution in [3.8, 4) is 56.7 Å². The Morgan fingerprint density at radius 2 is 0.934 bits per heavy atom. The number of para-hydroxylation sites is 2. The zero-order valence-electron chi connectivity index (χ0n) is 32.6. The van der Waals surface area contributed by atoms with Gasteiger partial charge >= 0.3 is 0 Å². The second kappa shape index (κ2) is 13.8. The van der Waals surface area contributed by atoms with E-state index in [1.807, 2.05) is 114 Å². The fourth-order valence-corrected chi connectivity index (χ4v) is 10.9. The molecule has 0 aliphatic carbocycles. The summed E-state index contributed by atoms with van der Waals surface area (Å²) in [6.45, 7) is 0. The van der Waals surface area contributed by atoms with Gasteiger partial charge in [0.05, 0.1) is 26.3 Å². The van der Waals surface area contributed by atoms with Gasteiger partial charge in [0.2, 0.25) is 5.95 Å². The fraction of sp³-hybridized carbons (Fsp3) is 0. The highest BCUT2D eigenvalue weighted by Gasteiger charge is 2.33. The number of hydrogen-bond donors (Lipinski definition) is 0. The molecule has 1 aliphatic rings. The normalized spacial score (nSPS) is 14.5. The van der Waals surface area contributed by atoms with Gasteiger partial charge in [-0.25, -0.2) is 9.19 Å². The fourth-order valence-electron chi connectivity index (χ4n) is 8.79. The minimum absolute atomic E-state index is 0.389. The molecule has 0 spiro atoms. The maximum atomic E-state index is 15.6. The van der Waals surface area contributed by atoms with Crippen molar-refractivity contribution in [2.75, 3.05) is 0 Å². The van der Waals surface area contributed by atoms with E-state index in [2.05, 4.69) is 102 Å². The summed E-state index contributed by atoms with van der Waals surface area (Å²) in [7, 11) is -3.14. The molecule has 288 valence electrons. The molecule has 0 radical (unpaired) electrons. The van der Waals surface area contributed by atoms with Crippen molar-refractivity contribution in [1.82, 2.24) is 24.1 Å². The molecule has 0 bridgehead atoms. The predicted molar refractivity (Wildman–Crippen MR) is 246 cm³/mol. The molecular weight excluding hydrogens is 769 g/mol. The summed E-state index contributed by atoms with van der Waals surface area (Å²) in [6.07, 6.45) is 0. The minimum Gasteiger partial charge on any atom is -0.309 e. The molecule has 0 fully saturated rings. The number of rotatable bonds is 6. The Bertz CT molecular complexity index is 3570. The number of hydrogen-bond acceptors (Lipinski definition) is 5. The molecule has 0 saturated heterocycles. The van der Waals surface area contributed by atoms with E-state index in [0.717, 1.165) is 61.0 Å². The quantitative estimate of drug-likeness (QED) is 0.168. The lowest BCUT2D eigenvalue weighted by molar-refractivity contribution is 0.676. The van der Waals surface area contributed by atoms with Gasteiger partial charge in [-0.1, -0.05) is 146 Å². The zero-order valence-corrected chi connectivity index (χ0v) is 33.4. The zero-order chi connectivity index (χ0) is 40.5. The summed E-state index contributed by atoms with van der Waals surface area (Å²) < 4.78 is 25.2. The van der Waals surface area contributed by atoms with Crippen LogP contribution in [0.1, 0.15) is 0 Å². The van der Waals surface area contributed by atoms with Crippen molar-refractivity contribution in [1.29, 1.82) is 0 Å². The molecule has 1 unspecified atom stereocenters. The lowest BCUT2D eigenvalue weighted by Gasteiger charge is -2.21. The molecule has 1 atom stereocenters. The van der Waals surface area contributed by atoms with Crippen LogP contribution in [0.4, 0.5) is 5.82 Å². The Balaban J connectivity index is 1.15. The Labute approximate surface area is 352 Å². The van der Waals surface area contributed by atoms with Gasteiger partial charge in [0, 0.05) is 44.1 Å². The van der Waals surface area contributed by atoms with E-state index in [9.17, 15) is 0 Å². The minimum atomic E-state index is -3.14. The van der Waals surface area contributed by atoms with E-state index in [0.29, 0.717) is 33.2 Å². The van der Waals surface area contributed by atoms with Crippen molar-refractivity contribution < 1.29 is 4.21 Å². The van der Waals surface area contributed by atoms with Crippen LogP contribution in [-0.2, 0) is 9.73 Å². The first-order valence-corrected chi connectivity index (χ1v) is 21.7. The van der Waals surface area contributed by atoms with Crippen molar-refractivity contribution in [2.24, 2.45) is 4.36 Å². The second-order valence-electron chi connectivity index (χ2n) is 15.1. The van der Waals surface area contributed by atoms with E-state index in [1.165, 1.54) is 10.8 Å². The highest BCUT2D eigenvalue weighted by molar-refractivity contribution is 7.94. The summed E-state index contributed by atoms with van der Waals surface area (Å²) in [5.41, 5.74) is 9.85. The van der Waals surface area contributed by atoms with Gasteiger partial charge in [-0.05, 0) is 71.8 Å². The Hall–Kier alpha value is -7.94. The van der Waals surface area contributed by atoms with Crippen LogP contribution in [-0.4, -0.2) is 28.3 Å². The molecule has 1 aliphatic heterocycles. The van der Waals surface area contributed by atoms with Crippen LogP contribution >= 0.6 is 0 Å². The van der Waals surface area contributed by atoms with Crippen molar-refractivity contribution in [3.05, 3.63) is 206 Å². The van der Waals surface area contributed by atoms with Gasteiger partial charge in [-0.3, -0.25) is 4.57 Å². The Morgan fingerprint density at radius 3 is 1.61 bits per heavy atom. The third-order valence-corrected chi connectivity index (χ3v) is 13.9. The van der Waals surface area contributed by atoms with E-state index in [1.54, 1.807) is 0 Å². The summed E-state index contributed by atoms with van der Waals surface area (Å²) in [5, 5.41) is 3.31. The first kappa shape index (κ1) is 35.0. The average molecular weight is 803 g/mol. The third kappa shape index (κ3) is 5.57. The Kier molecular flexibility index (Phi) is 7.95. The van der Waals surface area contributed by atoms with E-state index in [-0.39, 0.29) is 0 Å². The maximum Gasteiger partial charge on any atom is 0.240 e. The average Bonchev–Trinajstić information content (AvgIpc) is 3.84. The highest BCUT2D eigenvalue weighted by atomic mass is 32.2. The van der Waals surface area contributed by atoms with E-state index >= 15 is 4.21 Å². The highest BCUT2D eigenvalue weighted by Crippen LogP contribution is 2.51. The van der Waals surface area contributed by atoms with Crippen LogP contribution in [0.3, 0.4) is 0 Å². The Morgan fingerprint density at radius 1 is 0.410 bits per heavy atom. The molecule has 0 amide bonds. The molecule has 11 aromatic rings. The molecule has 0 saturated carbocycles. The molecule has 7 nitrogen and oxygen atoms in total. The number of aromatic nitrogens is 5. The lowest BCUT2D eigenvalue weighted by Crippen LogP contribution is -2.10. The second-order valence-corrected chi connectivity index (χ2v) is 17.3. The topological polar surface area (TPSA) is 78.0 Å². The van der Waals surface area contributed by atoms with Gasteiger partial charge in [-0.2, -0.15) is 14.3 Å². The lowest BCUT2D eigenvalue weighted by atomic mass is 9.98.